The van der Waals surface area contributed by atoms with Crippen molar-refractivity contribution in [2.45, 2.75) is 19.5 Å². The van der Waals surface area contributed by atoms with Crippen LogP contribution in [0.4, 0.5) is 23.2 Å². The maximum atomic E-state index is 14.7. The lowest BCUT2D eigenvalue weighted by molar-refractivity contribution is -0.141. The van der Waals surface area contributed by atoms with E-state index < -0.39 is 29.2 Å². The second-order valence-corrected chi connectivity index (χ2v) is 7.29. The molecular formula is C23H22F4N4O2. The van der Waals surface area contributed by atoms with Crippen LogP contribution in [-0.4, -0.2) is 34.6 Å². The molecule has 10 heteroatoms. The first-order valence-electron chi connectivity index (χ1n) is 10.1. The number of ether oxygens (including phenoxy) is 1. The molecule has 3 rings (SSSR count). The third-order valence-corrected chi connectivity index (χ3v) is 4.72. The standard InChI is InChI=1S/C23H22F4N4O2/c1-3-10-33-13-19(28)16-9-8-14(11-18(16)24)15-6-4-5-7-20(15)29-22(32)17-12-31(2)30-21(17)23(25,26)27/h4-9,11-12,28H,3,10,13H2,1-2H3,(H,29,32). The highest BCUT2D eigenvalue weighted by Crippen LogP contribution is 2.33. The Labute approximate surface area is 187 Å². The van der Waals surface area contributed by atoms with Gasteiger partial charge < -0.3 is 15.5 Å². The molecule has 174 valence electrons. The van der Waals surface area contributed by atoms with Gasteiger partial charge in [-0.3, -0.25) is 9.48 Å². The fourth-order valence-electron chi connectivity index (χ4n) is 3.22. The number of rotatable bonds is 8. The Balaban J connectivity index is 1.88. The van der Waals surface area contributed by atoms with Crippen LogP contribution < -0.4 is 5.32 Å². The number of nitrogens with one attached hydrogen (secondary N) is 2. The van der Waals surface area contributed by atoms with E-state index in [1.54, 1.807) is 24.3 Å². The largest absolute Gasteiger partial charge is 0.435 e. The summed E-state index contributed by atoms with van der Waals surface area (Å²) in [5.41, 5.74) is -0.847. The third-order valence-electron chi connectivity index (χ3n) is 4.72. The van der Waals surface area contributed by atoms with E-state index in [4.69, 9.17) is 10.1 Å². The van der Waals surface area contributed by atoms with Gasteiger partial charge in [-0.05, 0) is 30.2 Å². The molecule has 2 N–H and O–H groups in total. The first-order chi connectivity index (χ1) is 15.6. The summed E-state index contributed by atoms with van der Waals surface area (Å²) in [6.45, 7) is 2.36. The Kier molecular flexibility index (Phi) is 7.27. The van der Waals surface area contributed by atoms with Crippen LogP contribution in [0.25, 0.3) is 11.1 Å². The summed E-state index contributed by atoms with van der Waals surface area (Å²) in [4.78, 5) is 12.6. The zero-order valence-corrected chi connectivity index (χ0v) is 18.0. The Morgan fingerprint density at radius 1 is 1.18 bits per heavy atom. The fraction of sp³-hybridized carbons (Fsp3) is 0.261. The number of amides is 1. The molecule has 0 aliphatic carbocycles. The molecule has 1 amide bonds. The van der Waals surface area contributed by atoms with Gasteiger partial charge in [-0.15, -0.1) is 0 Å². The van der Waals surface area contributed by atoms with Crippen LogP contribution in [0.15, 0.2) is 48.7 Å². The summed E-state index contributed by atoms with van der Waals surface area (Å²) in [6.07, 6.45) is -3.03. The molecule has 0 saturated carbocycles. The Hall–Kier alpha value is -3.53. The quantitative estimate of drug-likeness (QED) is 0.271. The number of benzene rings is 2. The maximum absolute atomic E-state index is 14.7. The molecule has 0 aliphatic rings. The monoisotopic (exact) mass is 462 g/mol. The highest BCUT2D eigenvalue weighted by molar-refractivity contribution is 6.07. The number of halogens is 4. The van der Waals surface area contributed by atoms with Crippen molar-refractivity contribution < 1.29 is 27.1 Å². The van der Waals surface area contributed by atoms with E-state index >= 15 is 0 Å². The zero-order valence-electron chi connectivity index (χ0n) is 18.0. The van der Waals surface area contributed by atoms with Crippen LogP contribution >= 0.6 is 0 Å². The molecule has 33 heavy (non-hydrogen) atoms. The molecule has 1 heterocycles. The smallest absolute Gasteiger partial charge is 0.375 e. The summed E-state index contributed by atoms with van der Waals surface area (Å²) >= 11 is 0. The van der Waals surface area contributed by atoms with E-state index in [2.05, 4.69) is 10.4 Å². The molecule has 2 aromatic carbocycles. The number of aryl methyl sites for hydroxylation is 1. The lowest BCUT2D eigenvalue weighted by Gasteiger charge is -2.13. The number of nitrogens with zero attached hydrogens (tertiary/aromatic N) is 2. The van der Waals surface area contributed by atoms with Gasteiger partial charge in [0.25, 0.3) is 5.91 Å². The predicted molar refractivity (Wildman–Crippen MR) is 116 cm³/mol. The number of alkyl halides is 3. The maximum Gasteiger partial charge on any atom is 0.435 e. The van der Waals surface area contributed by atoms with Crippen LogP contribution in [0.2, 0.25) is 0 Å². The topological polar surface area (TPSA) is 80.0 Å². The molecular weight excluding hydrogens is 440 g/mol. The Morgan fingerprint density at radius 3 is 2.58 bits per heavy atom. The SMILES string of the molecule is CCCOCC(=N)c1ccc(-c2ccccc2NC(=O)c2cn(C)nc2C(F)(F)F)cc1F. The summed E-state index contributed by atoms with van der Waals surface area (Å²) in [6, 6.07) is 10.6. The van der Waals surface area contributed by atoms with E-state index in [0.717, 1.165) is 17.3 Å². The van der Waals surface area contributed by atoms with Gasteiger partial charge in [-0.25, -0.2) is 4.39 Å². The van der Waals surface area contributed by atoms with E-state index in [1.807, 2.05) is 6.92 Å². The van der Waals surface area contributed by atoms with Crippen molar-refractivity contribution in [2.75, 3.05) is 18.5 Å². The number of carbonyl (C=O) groups is 1. The number of hydrogen-bond donors (Lipinski definition) is 2. The first-order valence-corrected chi connectivity index (χ1v) is 10.1. The van der Waals surface area contributed by atoms with Crippen molar-refractivity contribution in [3.05, 3.63) is 71.3 Å². The van der Waals surface area contributed by atoms with Crippen LogP contribution in [0.5, 0.6) is 0 Å². The van der Waals surface area contributed by atoms with Gasteiger partial charge in [0.15, 0.2) is 5.69 Å². The summed E-state index contributed by atoms with van der Waals surface area (Å²) in [5.74, 6) is -1.64. The summed E-state index contributed by atoms with van der Waals surface area (Å²) in [5, 5.41) is 13.8. The lowest BCUT2D eigenvalue weighted by Crippen LogP contribution is -2.18. The highest BCUT2D eigenvalue weighted by Gasteiger charge is 2.39. The molecule has 0 fully saturated rings. The summed E-state index contributed by atoms with van der Waals surface area (Å²) in [7, 11) is 1.29. The number of aromatic nitrogens is 2. The van der Waals surface area contributed by atoms with Crippen LogP contribution in [-0.2, 0) is 18.0 Å². The minimum absolute atomic E-state index is 0.00894. The van der Waals surface area contributed by atoms with Crippen molar-refractivity contribution in [3.8, 4) is 11.1 Å². The highest BCUT2D eigenvalue weighted by atomic mass is 19.4. The van der Waals surface area contributed by atoms with E-state index in [-0.39, 0.29) is 23.6 Å². The van der Waals surface area contributed by atoms with Gasteiger partial charge in [0.1, 0.15) is 5.82 Å². The van der Waals surface area contributed by atoms with Crippen molar-refractivity contribution in [3.63, 3.8) is 0 Å². The van der Waals surface area contributed by atoms with Crippen molar-refractivity contribution in [1.82, 2.24) is 9.78 Å². The average Bonchev–Trinajstić information content (AvgIpc) is 3.16. The van der Waals surface area contributed by atoms with Gasteiger partial charge in [0.2, 0.25) is 0 Å². The molecule has 0 bridgehead atoms. The second-order valence-electron chi connectivity index (χ2n) is 7.29. The Morgan fingerprint density at radius 2 is 1.91 bits per heavy atom. The molecule has 3 aromatic rings. The van der Waals surface area contributed by atoms with E-state index in [0.29, 0.717) is 17.7 Å². The molecule has 0 aliphatic heterocycles. The van der Waals surface area contributed by atoms with Gasteiger partial charge in [0.05, 0.1) is 17.9 Å². The molecule has 0 unspecified atom stereocenters. The lowest BCUT2D eigenvalue weighted by atomic mass is 10.00. The molecule has 6 nitrogen and oxygen atoms in total. The van der Waals surface area contributed by atoms with Gasteiger partial charge >= 0.3 is 6.18 Å². The first kappa shape index (κ1) is 24.1. The van der Waals surface area contributed by atoms with Crippen LogP contribution in [0.3, 0.4) is 0 Å². The van der Waals surface area contributed by atoms with Crippen molar-refractivity contribution >= 4 is 17.3 Å². The minimum Gasteiger partial charge on any atom is -0.375 e. The van der Waals surface area contributed by atoms with Gasteiger partial charge in [-0.1, -0.05) is 31.2 Å². The van der Waals surface area contributed by atoms with Gasteiger partial charge in [-0.2, -0.15) is 18.3 Å². The molecule has 0 spiro atoms. The van der Waals surface area contributed by atoms with Crippen molar-refractivity contribution in [2.24, 2.45) is 7.05 Å². The fourth-order valence-corrected chi connectivity index (χ4v) is 3.22. The third kappa shape index (κ3) is 5.64. The zero-order chi connectivity index (χ0) is 24.2. The second kappa shape index (κ2) is 9.95. The van der Waals surface area contributed by atoms with E-state index in [9.17, 15) is 22.4 Å². The summed E-state index contributed by atoms with van der Waals surface area (Å²) < 4.78 is 60.6. The number of hydrogen-bond acceptors (Lipinski definition) is 4. The molecule has 1 aromatic heterocycles. The number of carbonyl (C=O) groups excluding carboxylic acids is 1. The van der Waals surface area contributed by atoms with Crippen molar-refractivity contribution in [1.29, 1.82) is 5.41 Å². The van der Waals surface area contributed by atoms with E-state index in [1.165, 1.54) is 25.2 Å². The molecule has 0 atom stereocenters. The number of anilines is 1. The predicted octanol–water partition coefficient (Wildman–Crippen LogP) is 5.29. The van der Waals surface area contributed by atoms with Crippen LogP contribution in [0.1, 0.15) is 35.0 Å². The minimum atomic E-state index is -4.79. The molecule has 0 saturated heterocycles. The van der Waals surface area contributed by atoms with Crippen LogP contribution in [0, 0.1) is 11.2 Å². The number of para-hydroxylation sites is 1. The average molecular weight is 462 g/mol. The normalized spacial score (nSPS) is 11.5. The molecule has 0 radical (unpaired) electrons. The Bertz CT molecular complexity index is 1170. The van der Waals surface area contributed by atoms with Gasteiger partial charge in [0, 0.05) is 36.7 Å².